The van der Waals surface area contributed by atoms with E-state index in [4.69, 9.17) is 9.84 Å². The van der Waals surface area contributed by atoms with E-state index in [0.717, 1.165) is 12.8 Å². The molecular weight excluding hydrogens is 164 g/mol. The molecular formula is C11H14O2. The largest absolute Gasteiger partial charge is 0.508 e. The molecule has 1 aliphatic carbocycles. The van der Waals surface area contributed by atoms with Crippen LogP contribution in [0.5, 0.6) is 5.75 Å². The quantitative estimate of drug-likeness (QED) is 0.753. The first-order valence-electron chi connectivity index (χ1n) is 4.61. The second-order valence-electron chi connectivity index (χ2n) is 3.60. The third-order valence-corrected chi connectivity index (χ3v) is 2.95. The van der Waals surface area contributed by atoms with E-state index in [0.29, 0.717) is 5.75 Å². The summed E-state index contributed by atoms with van der Waals surface area (Å²) in [5.41, 5.74) is 1.12. The van der Waals surface area contributed by atoms with Gasteiger partial charge in [-0.2, -0.15) is 0 Å². The molecule has 0 amide bonds. The highest BCUT2D eigenvalue weighted by atomic mass is 16.5. The summed E-state index contributed by atoms with van der Waals surface area (Å²) >= 11 is 0. The minimum Gasteiger partial charge on any atom is -0.508 e. The Morgan fingerprint density at radius 1 is 1.23 bits per heavy atom. The molecule has 2 nitrogen and oxygen atoms in total. The minimum atomic E-state index is -0.0618. The summed E-state index contributed by atoms with van der Waals surface area (Å²) in [6, 6.07) is 7.32. The molecule has 13 heavy (non-hydrogen) atoms. The van der Waals surface area contributed by atoms with Crippen molar-refractivity contribution in [3.63, 3.8) is 0 Å². The summed E-state index contributed by atoms with van der Waals surface area (Å²) in [5.74, 6) is 0.314. The third-order valence-electron chi connectivity index (χ3n) is 2.95. The van der Waals surface area contributed by atoms with E-state index in [2.05, 4.69) is 0 Å². The molecule has 70 valence electrons. The maximum Gasteiger partial charge on any atom is 0.115 e. The van der Waals surface area contributed by atoms with Gasteiger partial charge in [0.15, 0.2) is 0 Å². The molecule has 0 radical (unpaired) electrons. The molecule has 1 aromatic carbocycles. The molecule has 0 atom stereocenters. The highest BCUT2D eigenvalue weighted by molar-refractivity contribution is 5.31. The Hall–Kier alpha value is -1.02. The molecule has 0 aliphatic heterocycles. The van der Waals surface area contributed by atoms with E-state index < -0.39 is 0 Å². The van der Waals surface area contributed by atoms with Crippen LogP contribution in [0, 0.1) is 0 Å². The number of hydrogen-bond donors (Lipinski definition) is 1. The number of methoxy groups -OCH3 is 1. The monoisotopic (exact) mass is 178 g/mol. The number of hydrogen-bond acceptors (Lipinski definition) is 2. The number of phenolic OH excluding ortho intramolecular Hbond substituents is 1. The van der Waals surface area contributed by atoms with Crippen LogP contribution >= 0.6 is 0 Å². The first kappa shape index (κ1) is 8.57. The van der Waals surface area contributed by atoms with Gasteiger partial charge in [-0.05, 0) is 37.0 Å². The van der Waals surface area contributed by atoms with Crippen molar-refractivity contribution in [3.05, 3.63) is 29.8 Å². The van der Waals surface area contributed by atoms with Crippen molar-refractivity contribution in [2.24, 2.45) is 0 Å². The van der Waals surface area contributed by atoms with Gasteiger partial charge in [0, 0.05) is 7.11 Å². The van der Waals surface area contributed by atoms with Gasteiger partial charge in [-0.3, -0.25) is 0 Å². The van der Waals surface area contributed by atoms with Gasteiger partial charge in [0.25, 0.3) is 0 Å². The zero-order chi connectivity index (χ0) is 9.31. The Bertz CT molecular complexity index is 280. The summed E-state index contributed by atoms with van der Waals surface area (Å²) in [6.45, 7) is 0. The van der Waals surface area contributed by atoms with E-state index in [-0.39, 0.29) is 5.60 Å². The lowest BCUT2D eigenvalue weighted by molar-refractivity contribution is -0.0778. The molecule has 2 rings (SSSR count). The number of phenols is 1. The SMILES string of the molecule is COC1(c2ccc(O)cc2)CCC1. The van der Waals surface area contributed by atoms with Gasteiger partial charge < -0.3 is 9.84 Å². The summed E-state index contributed by atoms with van der Waals surface area (Å²) in [7, 11) is 1.76. The second-order valence-corrected chi connectivity index (χ2v) is 3.60. The molecule has 1 saturated carbocycles. The Kier molecular flexibility index (Phi) is 2.00. The molecule has 1 N–H and O–H groups in total. The van der Waals surface area contributed by atoms with Crippen molar-refractivity contribution >= 4 is 0 Å². The average Bonchev–Trinajstić information content (AvgIpc) is 2.07. The fraction of sp³-hybridized carbons (Fsp3) is 0.455. The first-order valence-corrected chi connectivity index (χ1v) is 4.61. The van der Waals surface area contributed by atoms with Crippen LogP contribution in [0.4, 0.5) is 0 Å². The lowest BCUT2D eigenvalue weighted by Gasteiger charge is -2.41. The van der Waals surface area contributed by atoms with E-state index in [9.17, 15) is 0 Å². The van der Waals surface area contributed by atoms with E-state index >= 15 is 0 Å². The molecule has 2 heteroatoms. The average molecular weight is 178 g/mol. The van der Waals surface area contributed by atoms with Crippen LogP contribution in [-0.4, -0.2) is 12.2 Å². The highest BCUT2D eigenvalue weighted by Crippen LogP contribution is 2.44. The lowest BCUT2D eigenvalue weighted by atomic mass is 9.75. The fourth-order valence-corrected chi connectivity index (χ4v) is 1.87. The van der Waals surface area contributed by atoms with Crippen molar-refractivity contribution in [2.75, 3.05) is 7.11 Å². The Balaban J connectivity index is 2.28. The summed E-state index contributed by atoms with van der Waals surface area (Å²) in [5, 5.41) is 9.15. The maximum absolute atomic E-state index is 9.15. The zero-order valence-electron chi connectivity index (χ0n) is 7.79. The zero-order valence-corrected chi connectivity index (χ0v) is 7.79. The molecule has 0 heterocycles. The fourth-order valence-electron chi connectivity index (χ4n) is 1.87. The minimum absolute atomic E-state index is 0.0618. The van der Waals surface area contributed by atoms with Gasteiger partial charge in [-0.25, -0.2) is 0 Å². The molecule has 0 unspecified atom stereocenters. The van der Waals surface area contributed by atoms with Gasteiger partial charge >= 0.3 is 0 Å². The molecule has 0 aromatic heterocycles. The molecule has 0 spiro atoms. The number of rotatable bonds is 2. The normalized spacial score (nSPS) is 19.5. The van der Waals surface area contributed by atoms with Crippen molar-refractivity contribution < 1.29 is 9.84 Å². The standard InChI is InChI=1S/C11H14O2/c1-13-11(7-2-8-11)9-3-5-10(12)6-4-9/h3-6,12H,2,7-8H2,1H3. The van der Waals surface area contributed by atoms with Crippen LogP contribution in [0.3, 0.4) is 0 Å². The van der Waals surface area contributed by atoms with Crippen LogP contribution in [0.2, 0.25) is 0 Å². The van der Waals surface area contributed by atoms with Crippen molar-refractivity contribution in [2.45, 2.75) is 24.9 Å². The molecule has 1 aromatic rings. The second kappa shape index (κ2) is 3.04. The molecule has 1 aliphatic rings. The van der Waals surface area contributed by atoms with Gasteiger partial charge in [0.05, 0.1) is 5.60 Å². The Morgan fingerprint density at radius 2 is 1.85 bits per heavy atom. The topological polar surface area (TPSA) is 29.5 Å². The Morgan fingerprint density at radius 3 is 2.23 bits per heavy atom. The van der Waals surface area contributed by atoms with E-state index in [1.165, 1.54) is 12.0 Å². The molecule has 0 saturated heterocycles. The predicted octanol–water partition coefficient (Wildman–Crippen LogP) is 2.42. The van der Waals surface area contributed by atoms with Gasteiger partial charge in [0.2, 0.25) is 0 Å². The lowest BCUT2D eigenvalue weighted by Crippen LogP contribution is -2.35. The van der Waals surface area contributed by atoms with Crippen molar-refractivity contribution in [1.82, 2.24) is 0 Å². The Labute approximate surface area is 78.2 Å². The van der Waals surface area contributed by atoms with Crippen molar-refractivity contribution in [1.29, 1.82) is 0 Å². The van der Waals surface area contributed by atoms with Crippen molar-refractivity contribution in [3.8, 4) is 5.75 Å². The van der Waals surface area contributed by atoms with Crippen LogP contribution in [0.1, 0.15) is 24.8 Å². The van der Waals surface area contributed by atoms with Crippen LogP contribution in [0.25, 0.3) is 0 Å². The van der Waals surface area contributed by atoms with Crippen LogP contribution < -0.4 is 0 Å². The van der Waals surface area contributed by atoms with Gasteiger partial charge in [-0.15, -0.1) is 0 Å². The third kappa shape index (κ3) is 1.31. The smallest absolute Gasteiger partial charge is 0.115 e. The van der Waals surface area contributed by atoms with E-state index in [1.807, 2.05) is 12.1 Å². The van der Waals surface area contributed by atoms with E-state index in [1.54, 1.807) is 19.2 Å². The van der Waals surface area contributed by atoms with Gasteiger partial charge in [-0.1, -0.05) is 12.1 Å². The van der Waals surface area contributed by atoms with Crippen LogP contribution in [0.15, 0.2) is 24.3 Å². The maximum atomic E-state index is 9.15. The highest BCUT2D eigenvalue weighted by Gasteiger charge is 2.38. The predicted molar refractivity (Wildman–Crippen MR) is 50.6 cm³/mol. The first-order chi connectivity index (χ1) is 6.27. The summed E-state index contributed by atoms with van der Waals surface area (Å²) < 4.78 is 5.52. The number of benzene rings is 1. The number of aromatic hydroxyl groups is 1. The van der Waals surface area contributed by atoms with Crippen LogP contribution in [-0.2, 0) is 10.3 Å². The van der Waals surface area contributed by atoms with Gasteiger partial charge in [0.1, 0.15) is 5.75 Å². The summed E-state index contributed by atoms with van der Waals surface area (Å²) in [6.07, 6.45) is 3.41. The molecule has 0 bridgehead atoms. The number of ether oxygens (including phenoxy) is 1. The summed E-state index contributed by atoms with van der Waals surface area (Å²) in [4.78, 5) is 0. The molecule has 1 fully saturated rings.